The Hall–Kier alpha value is -1.71. The molecule has 1 atom stereocenters. The van der Waals surface area contributed by atoms with E-state index in [2.05, 4.69) is 17.6 Å². The van der Waals surface area contributed by atoms with Gasteiger partial charge in [-0.05, 0) is 24.1 Å². The molecule has 0 saturated carbocycles. The number of nitrogens with one attached hydrogen (secondary N) is 2. The van der Waals surface area contributed by atoms with Crippen molar-refractivity contribution in [2.24, 2.45) is 0 Å². The third-order valence-electron chi connectivity index (χ3n) is 2.53. The fraction of sp³-hybridized carbons (Fsp3) is 0.417. The van der Waals surface area contributed by atoms with Crippen molar-refractivity contribution in [2.75, 3.05) is 13.2 Å². The number of carbonyl (C=O) groups excluding carboxylic acids is 1. The number of carbonyl (C=O) groups is 1. The number of hydrogen-bond acceptors (Lipinski definition) is 2. The molecule has 1 saturated heterocycles. The number of benzene rings is 1. The first-order valence-corrected chi connectivity index (χ1v) is 5.56. The van der Waals surface area contributed by atoms with E-state index in [9.17, 15) is 4.79 Å². The standard InChI is InChI=1S/C12H16N2O2/c1-2-7-16-10-5-3-9(4-6-10)11-8-13-12(15)14-11/h3-6,11H,2,7-8H2,1H3,(H2,13,14,15). The van der Waals surface area contributed by atoms with Crippen molar-refractivity contribution >= 4 is 6.03 Å². The smallest absolute Gasteiger partial charge is 0.315 e. The summed E-state index contributed by atoms with van der Waals surface area (Å²) in [5, 5.41) is 5.58. The summed E-state index contributed by atoms with van der Waals surface area (Å²) in [6.45, 7) is 3.46. The number of amides is 2. The highest BCUT2D eigenvalue weighted by atomic mass is 16.5. The topological polar surface area (TPSA) is 50.4 Å². The van der Waals surface area contributed by atoms with E-state index in [0.717, 1.165) is 24.3 Å². The lowest BCUT2D eigenvalue weighted by Gasteiger charge is -2.10. The lowest BCUT2D eigenvalue weighted by atomic mass is 10.1. The molecule has 0 spiro atoms. The van der Waals surface area contributed by atoms with Gasteiger partial charge >= 0.3 is 6.03 Å². The Morgan fingerprint density at radius 3 is 2.69 bits per heavy atom. The summed E-state index contributed by atoms with van der Waals surface area (Å²) < 4.78 is 5.49. The van der Waals surface area contributed by atoms with Crippen LogP contribution in [0, 0.1) is 0 Å². The first-order chi connectivity index (χ1) is 7.79. The summed E-state index contributed by atoms with van der Waals surface area (Å²) in [5.41, 5.74) is 1.10. The van der Waals surface area contributed by atoms with Crippen LogP contribution in [0.3, 0.4) is 0 Å². The first kappa shape index (κ1) is 10.8. The van der Waals surface area contributed by atoms with Gasteiger partial charge in [0.2, 0.25) is 0 Å². The van der Waals surface area contributed by atoms with E-state index in [0.29, 0.717) is 6.54 Å². The molecule has 1 unspecified atom stereocenters. The van der Waals surface area contributed by atoms with Gasteiger partial charge in [-0.25, -0.2) is 4.79 Å². The Morgan fingerprint density at radius 2 is 2.12 bits per heavy atom. The van der Waals surface area contributed by atoms with Gasteiger partial charge in [0.1, 0.15) is 5.75 Å². The van der Waals surface area contributed by atoms with Crippen LogP contribution in [0.5, 0.6) is 5.75 Å². The van der Waals surface area contributed by atoms with Gasteiger partial charge in [-0.1, -0.05) is 19.1 Å². The van der Waals surface area contributed by atoms with Gasteiger partial charge in [0.15, 0.2) is 0 Å². The second-order valence-corrected chi connectivity index (χ2v) is 3.82. The molecule has 0 aromatic heterocycles. The van der Waals surface area contributed by atoms with E-state index in [1.165, 1.54) is 0 Å². The zero-order valence-electron chi connectivity index (χ0n) is 9.32. The third kappa shape index (κ3) is 2.45. The Bertz CT molecular complexity index is 362. The normalized spacial score (nSPS) is 19.1. The van der Waals surface area contributed by atoms with Crippen LogP contribution in [-0.4, -0.2) is 19.2 Å². The average molecular weight is 220 g/mol. The second-order valence-electron chi connectivity index (χ2n) is 3.82. The summed E-state index contributed by atoms with van der Waals surface area (Å²) in [5.74, 6) is 0.878. The fourth-order valence-electron chi connectivity index (χ4n) is 1.67. The van der Waals surface area contributed by atoms with Gasteiger partial charge in [0.25, 0.3) is 0 Å². The van der Waals surface area contributed by atoms with Gasteiger partial charge in [-0.15, -0.1) is 0 Å². The van der Waals surface area contributed by atoms with E-state index in [4.69, 9.17) is 4.74 Å². The van der Waals surface area contributed by atoms with Crippen molar-refractivity contribution in [3.05, 3.63) is 29.8 Å². The average Bonchev–Trinajstić information content (AvgIpc) is 2.74. The molecule has 0 bridgehead atoms. The van der Waals surface area contributed by atoms with E-state index < -0.39 is 0 Å². The Morgan fingerprint density at radius 1 is 1.38 bits per heavy atom. The zero-order chi connectivity index (χ0) is 11.4. The van der Waals surface area contributed by atoms with E-state index >= 15 is 0 Å². The summed E-state index contributed by atoms with van der Waals surface area (Å²) in [7, 11) is 0. The summed E-state index contributed by atoms with van der Waals surface area (Å²) in [6, 6.07) is 7.83. The maximum Gasteiger partial charge on any atom is 0.315 e. The summed E-state index contributed by atoms with van der Waals surface area (Å²) in [4.78, 5) is 11.0. The summed E-state index contributed by atoms with van der Waals surface area (Å²) in [6.07, 6.45) is 1.00. The SMILES string of the molecule is CCCOc1ccc(C2CNC(=O)N2)cc1. The van der Waals surface area contributed by atoms with Crippen LogP contribution in [0.1, 0.15) is 24.9 Å². The van der Waals surface area contributed by atoms with Gasteiger partial charge in [0, 0.05) is 6.54 Å². The molecule has 2 amide bonds. The molecule has 16 heavy (non-hydrogen) atoms. The van der Waals surface area contributed by atoms with Crippen LogP contribution in [0.4, 0.5) is 4.79 Å². The highest BCUT2D eigenvalue weighted by molar-refractivity contribution is 5.76. The van der Waals surface area contributed by atoms with Gasteiger partial charge in [-0.2, -0.15) is 0 Å². The highest BCUT2D eigenvalue weighted by Gasteiger charge is 2.20. The predicted molar refractivity (Wildman–Crippen MR) is 61.5 cm³/mol. The molecule has 1 aliphatic rings. The number of rotatable bonds is 4. The lowest BCUT2D eigenvalue weighted by molar-refractivity contribution is 0.247. The highest BCUT2D eigenvalue weighted by Crippen LogP contribution is 2.19. The zero-order valence-corrected chi connectivity index (χ0v) is 9.32. The van der Waals surface area contributed by atoms with Crippen molar-refractivity contribution < 1.29 is 9.53 Å². The maximum atomic E-state index is 11.0. The van der Waals surface area contributed by atoms with Crippen LogP contribution < -0.4 is 15.4 Å². The number of ether oxygens (including phenoxy) is 1. The number of urea groups is 1. The van der Waals surface area contributed by atoms with Crippen molar-refractivity contribution in [1.82, 2.24) is 10.6 Å². The molecule has 86 valence electrons. The number of hydrogen-bond donors (Lipinski definition) is 2. The van der Waals surface area contributed by atoms with Crippen LogP contribution >= 0.6 is 0 Å². The lowest BCUT2D eigenvalue weighted by Crippen LogP contribution is -2.21. The van der Waals surface area contributed by atoms with Crippen LogP contribution in [-0.2, 0) is 0 Å². The van der Waals surface area contributed by atoms with Crippen LogP contribution in [0.25, 0.3) is 0 Å². The van der Waals surface area contributed by atoms with Crippen LogP contribution in [0.2, 0.25) is 0 Å². The molecule has 4 nitrogen and oxygen atoms in total. The molecule has 2 N–H and O–H groups in total. The molecular formula is C12H16N2O2. The minimum atomic E-state index is -0.101. The third-order valence-corrected chi connectivity index (χ3v) is 2.53. The molecule has 1 aromatic carbocycles. The van der Waals surface area contributed by atoms with E-state index in [1.54, 1.807) is 0 Å². The minimum Gasteiger partial charge on any atom is -0.494 e. The van der Waals surface area contributed by atoms with Crippen molar-refractivity contribution in [3.63, 3.8) is 0 Å². The Balaban J connectivity index is 1.99. The predicted octanol–water partition coefficient (Wildman–Crippen LogP) is 1.83. The minimum absolute atomic E-state index is 0.0766. The monoisotopic (exact) mass is 220 g/mol. The molecule has 1 aliphatic heterocycles. The van der Waals surface area contributed by atoms with Crippen molar-refractivity contribution in [3.8, 4) is 5.75 Å². The molecule has 0 radical (unpaired) electrons. The van der Waals surface area contributed by atoms with Gasteiger partial charge < -0.3 is 15.4 Å². The molecular weight excluding hydrogens is 204 g/mol. The molecule has 1 fully saturated rings. The van der Waals surface area contributed by atoms with Crippen molar-refractivity contribution in [1.29, 1.82) is 0 Å². The quantitative estimate of drug-likeness (QED) is 0.813. The van der Waals surface area contributed by atoms with Gasteiger partial charge in [0.05, 0.1) is 12.6 Å². The first-order valence-electron chi connectivity index (χ1n) is 5.56. The maximum absolute atomic E-state index is 11.0. The van der Waals surface area contributed by atoms with E-state index in [-0.39, 0.29) is 12.1 Å². The van der Waals surface area contributed by atoms with Crippen molar-refractivity contribution in [2.45, 2.75) is 19.4 Å². The molecule has 1 aromatic rings. The largest absolute Gasteiger partial charge is 0.494 e. The Kier molecular flexibility index (Phi) is 3.29. The molecule has 0 aliphatic carbocycles. The van der Waals surface area contributed by atoms with Crippen LogP contribution in [0.15, 0.2) is 24.3 Å². The molecule has 2 rings (SSSR count). The molecule has 1 heterocycles. The second kappa shape index (κ2) is 4.88. The fourth-order valence-corrected chi connectivity index (χ4v) is 1.67. The molecule has 4 heteroatoms. The summed E-state index contributed by atoms with van der Waals surface area (Å²) >= 11 is 0. The van der Waals surface area contributed by atoms with E-state index in [1.807, 2.05) is 24.3 Å². The Labute approximate surface area is 95.0 Å². The van der Waals surface area contributed by atoms with Gasteiger partial charge in [-0.3, -0.25) is 0 Å².